The van der Waals surface area contributed by atoms with E-state index in [-0.39, 0.29) is 23.7 Å². The summed E-state index contributed by atoms with van der Waals surface area (Å²) in [5.41, 5.74) is 13.5. The van der Waals surface area contributed by atoms with Crippen LogP contribution in [0, 0.1) is 0 Å². The Morgan fingerprint density at radius 2 is 1.11 bits per heavy atom. The van der Waals surface area contributed by atoms with Crippen molar-refractivity contribution in [3.05, 3.63) is 89.5 Å². The lowest BCUT2D eigenvalue weighted by Gasteiger charge is -2.19. The predicted octanol–water partition coefficient (Wildman–Crippen LogP) is 9.35. The number of rotatable bonds is 22. The van der Waals surface area contributed by atoms with Crippen molar-refractivity contribution in [3.63, 3.8) is 0 Å². The van der Waals surface area contributed by atoms with Gasteiger partial charge >= 0.3 is 30.0 Å². The Balaban J connectivity index is 1.19. The highest BCUT2D eigenvalue weighted by Gasteiger charge is 2.56. The summed E-state index contributed by atoms with van der Waals surface area (Å²) in [6.07, 6.45) is 4.32. The Bertz CT molecular complexity index is 1610. The molecular weight excluding hydrogens is 703 g/mol. The molecule has 3 aromatic rings. The van der Waals surface area contributed by atoms with E-state index in [0.717, 1.165) is 57.8 Å². The fourth-order valence-electron chi connectivity index (χ4n) is 5.00. The maximum Gasteiger partial charge on any atom is 0.453 e. The van der Waals surface area contributed by atoms with Gasteiger partial charge in [-0.05, 0) is 85.5 Å². The predicted molar refractivity (Wildman–Crippen MR) is 191 cm³/mol. The minimum absolute atomic E-state index is 0.167. The standard InChI is InChI=1S/C39H45F5N2O7/c40-38(41,39(42,43)44)21-10-24-50-33-18-14-29(15-19-33)37(49)53-34-16-11-28(12-17-34)13-20-35(47)51-22-8-6-4-2-1-3-5-7-9-23-52-36(48)30-25-31(45)27-32(46)26-30/h11-20,25-27H,1-10,21-24,45-46H2. The van der Waals surface area contributed by atoms with E-state index in [2.05, 4.69) is 0 Å². The minimum Gasteiger partial charge on any atom is -0.494 e. The number of alkyl halides is 5. The van der Waals surface area contributed by atoms with Gasteiger partial charge in [-0.1, -0.05) is 57.1 Å². The minimum atomic E-state index is -5.61. The maximum absolute atomic E-state index is 13.0. The molecule has 0 aliphatic heterocycles. The normalized spacial score (nSPS) is 11.7. The van der Waals surface area contributed by atoms with Crippen LogP contribution in [0.4, 0.5) is 33.3 Å². The van der Waals surface area contributed by atoms with Crippen LogP contribution in [0.3, 0.4) is 0 Å². The van der Waals surface area contributed by atoms with Gasteiger partial charge in [-0.3, -0.25) is 0 Å². The quantitative estimate of drug-likeness (QED) is 0.0257. The molecule has 0 aromatic heterocycles. The fourth-order valence-corrected chi connectivity index (χ4v) is 5.00. The summed E-state index contributed by atoms with van der Waals surface area (Å²) in [7, 11) is 0. The SMILES string of the molecule is Nc1cc(N)cc(C(=O)OCCCCCCCCCCCOC(=O)C=Cc2ccc(OC(=O)c3ccc(OCCCC(F)(F)C(F)(F)F)cc3)cc2)c1. The van der Waals surface area contributed by atoms with Gasteiger partial charge in [-0.15, -0.1) is 0 Å². The molecule has 0 unspecified atom stereocenters. The van der Waals surface area contributed by atoms with Crippen LogP contribution in [0.25, 0.3) is 6.08 Å². The van der Waals surface area contributed by atoms with Crippen LogP contribution < -0.4 is 20.9 Å². The van der Waals surface area contributed by atoms with Crippen LogP contribution in [-0.2, 0) is 14.3 Å². The molecule has 0 atom stereocenters. The molecular formula is C39H45F5N2O7. The molecule has 0 heterocycles. The van der Waals surface area contributed by atoms with E-state index < -0.39 is 42.8 Å². The van der Waals surface area contributed by atoms with Crippen LogP contribution >= 0.6 is 0 Å². The van der Waals surface area contributed by atoms with E-state index in [4.69, 9.17) is 30.4 Å². The Morgan fingerprint density at radius 3 is 1.68 bits per heavy atom. The van der Waals surface area contributed by atoms with Gasteiger partial charge in [0.05, 0.1) is 30.9 Å². The van der Waals surface area contributed by atoms with Crippen LogP contribution in [0.5, 0.6) is 11.5 Å². The number of hydrogen-bond donors (Lipinski definition) is 2. The van der Waals surface area contributed by atoms with E-state index in [9.17, 15) is 36.3 Å². The van der Waals surface area contributed by atoms with Gasteiger partial charge in [0.2, 0.25) is 0 Å². The van der Waals surface area contributed by atoms with Crippen molar-refractivity contribution >= 4 is 35.4 Å². The largest absolute Gasteiger partial charge is 0.494 e. The third-order valence-corrected chi connectivity index (χ3v) is 7.89. The number of hydrogen-bond acceptors (Lipinski definition) is 9. The third kappa shape index (κ3) is 16.0. The first-order chi connectivity index (χ1) is 25.2. The van der Waals surface area contributed by atoms with E-state index >= 15 is 0 Å². The average Bonchev–Trinajstić information content (AvgIpc) is 3.11. The number of halogens is 5. The first-order valence-corrected chi connectivity index (χ1v) is 17.4. The summed E-state index contributed by atoms with van der Waals surface area (Å²) in [5.74, 6) is -5.90. The number of anilines is 2. The molecule has 14 heteroatoms. The second-order valence-corrected chi connectivity index (χ2v) is 12.3. The van der Waals surface area contributed by atoms with Crippen molar-refractivity contribution in [1.82, 2.24) is 0 Å². The number of nitrogens with two attached hydrogens (primary N) is 2. The van der Waals surface area contributed by atoms with Crippen molar-refractivity contribution in [2.24, 2.45) is 0 Å². The topological polar surface area (TPSA) is 140 Å². The van der Waals surface area contributed by atoms with Gasteiger partial charge < -0.3 is 30.4 Å². The Labute approximate surface area is 305 Å². The molecule has 0 saturated heterocycles. The second kappa shape index (κ2) is 21.4. The van der Waals surface area contributed by atoms with Gasteiger partial charge in [0.25, 0.3) is 0 Å². The highest BCUT2D eigenvalue weighted by atomic mass is 19.4. The molecule has 3 aromatic carbocycles. The van der Waals surface area contributed by atoms with E-state index in [1.807, 2.05) is 0 Å². The first-order valence-electron chi connectivity index (χ1n) is 17.4. The Hall–Kier alpha value is -5.14. The van der Waals surface area contributed by atoms with E-state index in [1.165, 1.54) is 30.3 Å². The molecule has 9 nitrogen and oxygen atoms in total. The molecule has 0 saturated carbocycles. The number of benzene rings is 3. The van der Waals surface area contributed by atoms with E-state index in [0.29, 0.717) is 35.7 Å². The summed E-state index contributed by atoms with van der Waals surface area (Å²) >= 11 is 0. The highest BCUT2D eigenvalue weighted by molar-refractivity contribution is 5.92. The molecule has 0 amide bonds. The van der Waals surface area contributed by atoms with Gasteiger partial charge in [0.1, 0.15) is 11.5 Å². The van der Waals surface area contributed by atoms with Gasteiger partial charge in [0, 0.05) is 23.9 Å². The summed E-state index contributed by atoms with van der Waals surface area (Å²) in [4.78, 5) is 36.6. The molecule has 0 bridgehead atoms. The van der Waals surface area contributed by atoms with Crippen molar-refractivity contribution in [2.75, 3.05) is 31.3 Å². The molecule has 53 heavy (non-hydrogen) atoms. The smallest absolute Gasteiger partial charge is 0.453 e. The Morgan fingerprint density at radius 1 is 0.585 bits per heavy atom. The maximum atomic E-state index is 13.0. The zero-order chi connectivity index (χ0) is 38.7. The van der Waals surface area contributed by atoms with E-state index in [1.54, 1.807) is 48.5 Å². The average molecular weight is 749 g/mol. The number of unbranched alkanes of at least 4 members (excludes halogenated alkanes) is 8. The van der Waals surface area contributed by atoms with Crippen molar-refractivity contribution < 1.29 is 55.3 Å². The monoisotopic (exact) mass is 748 g/mol. The summed E-state index contributed by atoms with van der Waals surface area (Å²) in [5, 5.41) is 0. The first kappa shape index (κ1) is 42.3. The molecule has 0 aliphatic carbocycles. The fraction of sp³-hybridized carbons (Fsp3) is 0.410. The lowest BCUT2D eigenvalue weighted by molar-refractivity contribution is -0.284. The summed E-state index contributed by atoms with van der Waals surface area (Å²) in [6, 6.07) is 16.6. The number of ether oxygens (including phenoxy) is 4. The van der Waals surface area contributed by atoms with Crippen LogP contribution in [-0.4, -0.2) is 49.8 Å². The third-order valence-electron chi connectivity index (χ3n) is 7.89. The number of carbonyl (C=O) groups is 3. The summed E-state index contributed by atoms with van der Waals surface area (Å²) in [6.45, 7) is 0.326. The lowest BCUT2D eigenvalue weighted by atomic mass is 10.1. The molecule has 0 spiro atoms. The molecule has 0 aliphatic rings. The zero-order valence-corrected chi connectivity index (χ0v) is 29.3. The molecule has 288 valence electrons. The number of esters is 3. The van der Waals surface area contributed by atoms with Crippen LogP contribution in [0.2, 0.25) is 0 Å². The Kier molecular flexibility index (Phi) is 17.1. The van der Waals surface area contributed by atoms with Crippen molar-refractivity contribution in [3.8, 4) is 11.5 Å². The molecule has 0 radical (unpaired) electrons. The number of carbonyl (C=O) groups excluding carboxylic acids is 3. The van der Waals surface area contributed by atoms with Gasteiger partial charge in [-0.25, -0.2) is 14.4 Å². The summed E-state index contributed by atoms with van der Waals surface area (Å²) < 4.78 is 83.7. The van der Waals surface area contributed by atoms with Crippen molar-refractivity contribution in [1.29, 1.82) is 0 Å². The zero-order valence-electron chi connectivity index (χ0n) is 29.3. The molecule has 0 fully saturated rings. The molecule has 4 N–H and O–H groups in total. The second-order valence-electron chi connectivity index (χ2n) is 12.3. The number of nitrogen functional groups attached to an aromatic ring is 2. The van der Waals surface area contributed by atoms with Gasteiger partial charge in [0.15, 0.2) is 0 Å². The van der Waals surface area contributed by atoms with Crippen LogP contribution in [0.15, 0.2) is 72.8 Å². The van der Waals surface area contributed by atoms with Crippen molar-refractivity contribution in [2.45, 2.75) is 82.7 Å². The van der Waals surface area contributed by atoms with Gasteiger partial charge in [-0.2, -0.15) is 22.0 Å². The lowest BCUT2D eigenvalue weighted by Crippen LogP contribution is -2.36. The highest BCUT2D eigenvalue weighted by Crippen LogP contribution is 2.38. The van der Waals surface area contributed by atoms with Crippen LogP contribution in [0.1, 0.15) is 96.9 Å². The molecule has 3 rings (SSSR count).